The summed E-state index contributed by atoms with van der Waals surface area (Å²) in [5.74, 6) is -1.19. The van der Waals surface area contributed by atoms with Gasteiger partial charge < -0.3 is 14.0 Å². The molecule has 0 spiro atoms. The number of halogens is 2. The average molecular weight is 309 g/mol. The van der Waals surface area contributed by atoms with E-state index in [4.69, 9.17) is 9.47 Å². The van der Waals surface area contributed by atoms with E-state index in [1.165, 1.54) is 12.1 Å². The van der Waals surface area contributed by atoms with Crippen molar-refractivity contribution < 1.29 is 18.3 Å². The lowest BCUT2D eigenvalue weighted by Gasteiger charge is -2.18. The molecule has 0 bridgehead atoms. The molecule has 1 heterocycles. The van der Waals surface area contributed by atoms with E-state index in [0.717, 1.165) is 23.0 Å². The Balaban J connectivity index is 2.50. The van der Waals surface area contributed by atoms with Gasteiger partial charge in [0.1, 0.15) is 11.6 Å². The van der Waals surface area contributed by atoms with E-state index in [0.29, 0.717) is 18.9 Å². The van der Waals surface area contributed by atoms with Gasteiger partial charge in [0.2, 0.25) is 0 Å². The molecule has 2 rings (SSSR count). The molecular formula is C17H21F2NO2. The first-order valence-corrected chi connectivity index (χ1v) is 7.37. The third kappa shape index (κ3) is 3.20. The van der Waals surface area contributed by atoms with Crippen LogP contribution in [0.1, 0.15) is 37.1 Å². The summed E-state index contributed by atoms with van der Waals surface area (Å²) in [6, 6.07) is 5.48. The number of aromatic nitrogens is 1. The lowest BCUT2D eigenvalue weighted by Crippen LogP contribution is -2.10. The normalized spacial score (nSPS) is 11.4. The highest BCUT2D eigenvalue weighted by molar-refractivity contribution is 5.42. The van der Waals surface area contributed by atoms with Crippen molar-refractivity contribution in [1.82, 2.24) is 4.57 Å². The van der Waals surface area contributed by atoms with Crippen molar-refractivity contribution in [3.05, 3.63) is 52.9 Å². The van der Waals surface area contributed by atoms with Crippen LogP contribution < -0.4 is 0 Å². The Morgan fingerprint density at radius 2 is 1.68 bits per heavy atom. The summed E-state index contributed by atoms with van der Waals surface area (Å²) in [7, 11) is 0. The molecule has 3 nitrogen and oxygen atoms in total. The molecule has 0 radical (unpaired) electrons. The van der Waals surface area contributed by atoms with Crippen LogP contribution in [0.15, 0.2) is 24.3 Å². The molecule has 120 valence electrons. The highest BCUT2D eigenvalue weighted by Crippen LogP contribution is 2.29. The van der Waals surface area contributed by atoms with E-state index in [1.54, 1.807) is 4.57 Å². The van der Waals surface area contributed by atoms with Gasteiger partial charge >= 0.3 is 0 Å². The first-order chi connectivity index (χ1) is 10.5. The molecule has 0 aliphatic heterocycles. The number of benzene rings is 1. The fourth-order valence-electron chi connectivity index (χ4n) is 2.59. The van der Waals surface area contributed by atoms with Gasteiger partial charge in [0.15, 0.2) is 6.29 Å². The Morgan fingerprint density at radius 3 is 2.23 bits per heavy atom. The summed E-state index contributed by atoms with van der Waals surface area (Å²) in [5, 5.41) is 0. The third-order valence-corrected chi connectivity index (χ3v) is 3.51. The minimum Gasteiger partial charge on any atom is -0.349 e. The van der Waals surface area contributed by atoms with Crippen LogP contribution in [-0.4, -0.2) is 17.8 Å². The standard InChI is InChI=1S/C17H21F2NO2/c1-5-21-17(22-6-2)14-9-11(3)20(12(14)4)16-8-7-13(18)10-15(16)19/h7-10,17H,5-6H2,1-4H3. The van der Waals surface area contributed by atoms with Crippen molar-refractivity contribution in [1.29, 1.82) is 0 Å². The van der Waals surface area contributed by atoms with Gasteiger partial charge in [-0.2, -0.15) is 0 Å². The summed E-state index contributed by atoms with van der Waals surface area (Å²) in [6.07, 6.45) is -0.488. The SMILES string of the molecule is CCOC(OCC)c1cc(C)n(-c2ccc(F)cc2F)c1C. The van der Waals surface area contributed by atoms with Crippen LogP contribution in [0.5, 0.6) is 0 Å². The minimum atomic E-state index is -0.599. The van der Waals surface area contributed by atoms with Gasteiger partial charge in [0, 0.05) is 36.2 Å². The maximum atomic E-state index is 14.1. The summed E-state index contributed by atoms with van der Waals surface area (Å²) in [5.41, 5.74) is 2.82. The van der Waals surface area contributed by atoms with Gasteiger partial charge in [-0.25, -0.2) is 8.78 Å². The zero-order valence-corrected chi connectivity index (χ0v) is 13.3. The topological polar surface area (TPSA) is 23.4 Å². The summed E-state index contributed by atoms with van der Waals surface area (Å²) in [6.45, 7) is 8.55. The second-order valence-corrected chi connectivity index (χ2v) is 5.00. The second-order valence-electron chi connectivity index (χ2n) is 5.00. The van der Waals surface area contributed by atoms with Crippen molar-refractivity contribution in [2.24, 2.45) is 0 Å². The molecule has 1 aromatic carbocycles. The largest absolute Gasteiger partial charge is 0.349 e. The Morgan fingerprint density at radius 1 is 1.05 bits per heavy atom. The number of hydrogen-bond acceptors (Lipinski definition) is 2. The number of aryl methyl sites for hydroxylation is 1. The van der Waals surface area contributed by atoms with Gasteiger partial charge in [0.05, 0.1) is 5.69 Å². The van der Waals surface area contributed by atoms with Gasteiger partial charge in [-0.05, 0) is 45.9 Å². The third-order valence-electron chi connectivity index (χ3n) is 3.51. The lowest BCUT2D eigenvalue weighted by atomic mass is 10.2. The van der Waals surface area contributed by atoms with Gasteiger partial charge in [0.25, 0.3) is 0 Å². The van der Waals surface area contributed by atoms with Crippen molar-refractivity contribution in [3.63, 3.8) is 0 Å². The lowest BCUT2D eigenvalue weighted by molar-refractivity contribution is -0.140. The number of nitrogens with zero attached hydrogens (tertiary/aromatic N) is 1. The predicted molar refractivity (Wildman–Crippen MR) is 81.2 cm³/mol. The molecule has 2 aromatic rings. The summed E-state index contributed by atoms with van der Waals surface area (Å²) in [4.78, 5) is 0. The smallest absolute Gasteiger partial charge is 0.185 e. The molecule has 0 aliphatic rings. The van der Waals surface area contributed by atoms with Crippen LogP contribution in [0.25, 0.3) is 5.69 Å². The molecule has 0 saturated heterocycles. The van der Waals surface area contributed by atoms with Crippen molar-refractivity contribution in [2.45, 2.75) is 34.0 Å². The summed E-state index contributed by atoms with van der Waals surface area (Å²) < 4.78 is 40.2. The molecule has 5 heteroatoms. The molecule has 0 aliphatic carbocycles. The first-order valence-electron chi connectivity index (χ1n) is 7.37. The molecule has 0 N–H and O–H groups in total. The van der Waals surface area contributed by atoms with Crippen LogP contribution in [0, 0.1) is 25.5 Å². The molecule has 1 aromatic heterocycles. The van der Waals surface area contributed by atoms with Crippen molar-refractivity contribution in [2.75, 3.05) is 13.2 Å². The number of hydrogen-bond donors (Lipinski definition) is 0. The summed E-state index contributed by atoms with van der Waals surface area (Å²) >= 11 is 0. The molecule has 0 fully saturated rings. The Labute approximate surface area is 129 Å². The van der Waals surface area contributed by atoms with E-state index >= 15 is 0 Å². The van der Waals surface area contributed by atoms with Crippen LogP contribution in [0.3, 0.4) is 0 Å². The molecule has 0 saturated carbocycles. The van der Waals surface area contributed by atoms with E-state index in [9.17, 15) is 8.78 Å². The van der Waals surface area contributed by atoms with E-state index < -0.39 is 17.9 Å². The zero-order valence-electron chi connectivity index (χ0n) is 13.3. The Bertz CT molecular complexity index is 646. The predicted octanol–water partition coefficient (Wildman–Crippen LogP) is 4.44. The van der Waals surface area contributed by atoms with Crippen LogP contribution in [-0.2, 0) is 9.47 Å². The highest BCUT2D eigenvalue weighted by atomic mass is 19.1. The average Bonchev–Trinajstić information content (AvgIpc) is 2.75. The van der Waals surface area contributed by atoms with E-state index in [-0.39, 0.29) is 0 Å². The van der Waals surface area contributed by atoms with Crippen LogP contribution >= 0.6 is 0 Å². The van der Waals surface area contributed by atoms with E-state index in [1.807, 2.05) is 33.8 Å². The van der Waals surface area contributed by atoms with Gasteiger partial charge in [-0.15, -0.1) is 0 Å². The Hall–Kier alpha value is -1.72. The monoisotopic (exact) mass is 309 g/mol. The molecule has 0 unspecified atom stereocenters. The quantitative estimate of drug-likeness (QED) is 0.736. The highest BCUT2D eigenvalue weighted by Gasteiger charge is 2.21. The molecule has 0 atom stereocenters. The van der Waals surface area contributed by atoms with Crippen LogP contribution in [0.4, 0.5) is 8.78 Å². The number of ether oxygens (including phenoxy) is 2. The fourth-order valence-corrected chi connectivity index (χ4v) is 2.59. The maximum absolute atomic E-state index is 14.1. The van der Waals surface area contributed by atoms with Crippen molar-refractivity contribution >= 4 is 0 Å². The zero-order chi connectivity index (χ0) is 16.3. The van der Waals surface area contributed by atoms with Gasteiger partial charge in [-0.3, -0.25) is 0 Å². The molecular weight excluding hydrogens is 288 g/mol. The second kappa shape index (κ2) is 7.03. The fraction of sp³-hybridized carbons (Fsp3) is 0.412. The number of rotatable bonds is 6. The van der Waals surface area contributed by atoms with E-state index in [2.05, 4.69) is 0 Å². The first kappa shape index (κ1) is 16.6. The molecule has 22 heavy (non-hydrogen) atoms. The Kier molecular flexibility index (Phi) is 5.32. The van der Waals surface area contributed by atoms with Crippen LogP contribution in [0.2, 0.25) is 0 Å². The molecule has 0 amide bonds. The maximum Gasteiger partial charge on any atom is 0.185 e. The minimum absolute atomic E-state index is 0.314. The van der Waals surface area contributed by atoms with Gasteiger partial charge in [-0.1, -0.05) is 0 Å². The van der Waals surface area contributed by atoms with Crippen molar-refractivity contribution in [3.8, 4) is 5.69 Å².